The molecule has 0 spiro atoms. The first-order chi connectivity index (χ1) is 9.93. The van der Waals surface area contributed by atoms with E-state index in [4.69, 9.17) is 16.3 Å². The van der Waals surface area contributed by atoms with Crippen molar-refractivity contribution >= 4 is 35.0 Å². The number of ether oxygens (including phenoxy) is 1. The lowest BCUT2D eigenvalue weighted by Crippen LogP contribution is -2.44. The Morgan fingerprint density at radius 2 is 1.95 bits per heavy atom. The van der Waals surface area contributed by atoms with Crippen molar-refractivity contribution in [2.75, 3.05) is 12.4 Å². The maximum atomic E-state index is 12.1. The molecule has 1 atom stereocenters. The van der Waals surface area contributed by atoms with Crippen molar-refractivity contribution in [1.29, 1.82) is 0 Å². The van der Waals surface area contributed by atoms with Gasteiger partial charge < -0.3 is 10.1 Å². The minimum atomic E-state index is -0.853. The summed E-state index contributed by atoms with van der Waals surface area (Å²) in [4.78, 5) is 36.3. The number of nitrogens with one attached hydrogen (secondary N) is 1. The van der Waals surface area contributed by atoms with Gasteiger partial charge in [0.1, 0.15) is 11.8 Å². The molecule has 7 heteroatoms. The molecule has 1 aliphatic heterocycles. The Morgan fingerprint density at radius 1 is 1.33 bits per heavy atom. The Kier molecular flexibility index (Phi) is 4.47. The molecule has 0 radical (unpaired) electrons. The van der Waals surface area contributed by atoms with E-state index in [0.717, 1.165) is 4.90 Å². The topological polar surface area (TPSA) is 75.7 Å². The standard InChI is InChI=1S/C14H15ClN2O4/c1-8(17-12(18)5-6-13(17)19)14(20)16-9-3-4-11(21-2)10(15)7-9/h3-4,7-8H,5-6H2,1-2H3,(H,16,20)/t8-/m0/s1. The highest BCUT2D eigenvalue weighted by atomic mass is 35.5. The van der Waals surface area contributed by atoms with Crippen LogP contribution >= 0.6 is 11.6 Å². The van der Waals surface area contributed by atoms with Gasteiger partial charge in [-0.1, -0.05) is 11.6 Å². The maximum absolute atomic E-state index is 12.1. The molecule has 0 unspecified atom stereocenters. The number of hydrogen-bond acceptors (Lipinski definition) is 4. The van der Waals surface area contributed by atoms with Crippen LogP contribution < -0.4 is 10.1 Å². The third-order valence-electron chi connectivity index (χ3n) is 3.28. The Bertz CT molecular complexity index is 587. The lowest BCUT2D eigenvalue weighted by molar-refractivity contribution is -0.144. The van der Waals surface area contributed by atoms with Crippen molar-refractivity contribution in [2.45, 2.75) is 25.8 Å². The van der Waals surface area contributed by atoms with Gasteiger partial charge in [0.25, 0.3) is 0 Å². The molecule has 0 bridgehead atoms. The predicted octanol–water partition coefficient (Wildman–Crippen LogP) is 1.82. The molecule has 1 saturated heterocycles. The molecule has 1 heterocycles. The minimum absolute atomic E-state index is 0.158. The van der Waals surface area contributed by atoms with Gasteiger partial charge in [0.2, 0.25) is 17.7 Å². The van der Waals surface area contributed by atoms with Crippen molar-refractivity contribution in [1.82, 2.24) is 4.90 Å². The molecule has 1 N–H and O–H groups in total. The summed E-state index contributed by atoms with van der Waals surface area (Å²) in [5.74, 6) is -0.599. The SMILES string of the molecule is COc1ccc(NC(=O)[C@H](C)N2C(=O)CCC2=O)cc1Cl. The van der Waals surface area contributed by atoms with E-state index in [1.807, 2.05) is 0 Å². The number of amides is 3. The molecule has 3 amide bonds. The number of benzene rings is 1. The lowest BCUT2D eigenvalue weighted by Gasteiger charge is -2.21. The van der Waals surface area contributed by atoms with Gasteiger partial charge in [-0.15, -0.1) is 0 Å². The number of imide groups is 1. The number of carbonyl (C=O) groups excluding carboxylic acids is 3. The van der Waals surface area contributed by atoms with E-state index in [0.29, 0.717) is 16.5 Å². The van der Waals surface area contributed by atoms with Crippen LogP contribution in [0.25, 0.3) is 0 Å². The predicted molar refractivity (Wildman–Crippen MR) is 77.2 cm³/mol. The first-order valence-electron chi connectivity index (χ1n) is 6.43. The van der Waals surface area contributed by atoms with E-state index in [1.165, 1.54) is 14.0 Å². The van der Waals surface area contributed by atoms with Crippen LogP contribution in [0.3, 0.4) is 0 Å². The Balaban J connectivity index is 2.09. The van der Waals surface area contributed by atoms with Crippen LogP contribution in [0.1, 0.15) is 19.8 Å². The molecule has 1 fully saturated rings. The van der Waals surface area contributed by atoms with Gasteiger partial charge in [0.05, 0.1) is 12.1 Å². The van der Waals surface area contributed by atoms with Gasteiger partial charge in [-0.25, -0.2) is 0 Å². The van der Waals surface area contributed by atoms with Crippen molar-refractivity contribution in [3.63, 3.8) is 0 Å². The first kappa shape index (κ1) is 15.3. The third kappa shape index (κ3) is 3.16. The molecule has 112 valence electrons. The summed E-state index contributed by atoms with van der Waals surface area (Å²) in [6.07, 6.45) is 0.315. The first-order valence-corrected chi connectivity index (χ1v) is 6.81. The van der Waals surface area contributed by atoms with Crippen LogP contribution in [0.2, 0.25) is 5.02 Å². The second kappa shape index (κ2) is 6.13. The van der Waals surface area contributed by atoms with Crippen LogP contribution in [-0.2, 0) is 14.4 Å². The molecule has 0 aliphatic carbocycles. The summed E-state index contributed by atoms with van der Waals surface area (Å²) in [6.45, 7) is 1.52. The largest absolute Gasteiger partial charge is 0.495 e. The highest BCUT2D eigenvalue weighted by Crippen LogP contribution is 2.27. The summed E-state index contributed by atoms with van der Waals surface area (Å²) >= 11 is 5.97. The molecule has 1 aliphatic rings. The molecule has 6 nitrogen and oxygen atoms in total. The smallest absolute Gasteiger partial charge is 0.247 e. The fourth-order valence-corrected chi connectivity index (χ4v) is 2.39. The summed E-state index contributed by atoms with van der Waals surface area (Å²) < 4.78 is 5.02. The fourth-order valence-electron chi connectivity index (χ4n) is 2.13. The zero-order valence-electron chi connectivity index (χ0n) is 11.7. The number of anilines is 1. The molecule has 1 aromatic carbocycles. The molecule has 0 aromatic heterocycles. The highest BCUT2D eigenvalue weighted by Gasteiger charge is 2.36. The van der Waals surface area contributed by atoms with Gasteiger partial charge in [-0.2, -0.15) is 0 Å². The van der Waals surface area contributed by atoms with Gasteiger partial charge in [0, 0.05) is 18.5 Å². The Hall–Kier alpha value is -2.08. The van der Waals surface area contributed by atoms with Crippen LogP contribution in [-0.4, -0.2) is 35.8 Å². The molecule has 21 heavy (non-hydrogen) atoms. The van der Waals surface area contributed by atoms with Crippen LogP contribution in [0, 0.1) is 0 Å². The van der Waals surface area contributed by atoms with Crippen LogP contribution in [0.4, 0.5) is 5.69 Å². The zero-order valence-corrected chi connectivity index (χ0v) is 12.4. The van der Waals surface area contributed by atoms with Crippen molar-refractivity contribution in [3.05, 3.63) is 23.2 Å². The maximum Gasteiger partial charge on any atom is 0.247 e. The fraction of sp³-hybridized carbons (Fsp3) is 0.357. The van der Waals surface area contributed by atoms with E-state index in [-0.39, 0.29) is 24.7 Å². The molecular weight excluding hydrogens is 296 g/mol. The summed E-state index contributed by atoms with van der Waals surface area (Å²) in [5, 5.41) is 2.98. The quantitative estimate of drug-likeness (QED) is 0.861. The van der Waals surface area contributed by atoms with Crippen LogP contribution in [0.15, 0.2) is 18.2 Å². The zero-order chi connectivity index (χ0) is 15.6. The van der Waals surface area contributed by atoms with Gasteiger partial charge in [-0.3, -0.25) is 19.3 Å². The van der Waals surface area contributed by atoms with Gasteiger partial charge in [-0.05, 0) is 25.1 Å². The normalized spacial score (nSPS) is 16.0. The van der Waals surface area contributed by atoms with E-state index >= 15 is 0 Å². The number of halogens is 1. The Morgan fingerprint density at radius 3 is 2.48 bits per heavy atom. The third-order valence-corrected chi connectivity index (χ3v) is 3.57. The minimum Gasteiger partial charge on any atom is -0.495 e. The summed E-state index contributed by atoms with van der Waals surface area (Å²) in [6, 6.07) is 3.93. The number of nitrogens with zero attached hydrogens (tertiary/aromatic N) is 1. The van der Waals surface area contributed by atoms with Crippen molar-refractivity contribution in [2.24, 2.45) is 0 Å². The van der Waals surface area contributed by atoms with Crippen molar-refractivity contribution < 1.29 is 19.1 Å². The molecular formula is C14H15ClN2O4. The summed E-state index contributed by atoms with van der Waals surface area (Å²) in [5.41, 5.74) is 0.469. The highest BCUT2D eigenvalue weighted by molar-refractivity contribution is 6.32. The van der Waals surface area contributed by atoms with Gasteiger partial charge in [0.15, 0.2) is 0 Å². The number of carbonyl (C=O) groups is 3. The average molecular weight is 311 g/mol. The Labute approximate surface area is 127 Å². The molecule has 2 rings (SSSR count). The van der Waals surface area contributed by atoms with Crippen LogP contribution in [0.5, 0.6) is 5.75 Å². The number of methoxy groups -OCH3 is 1. The average Bonchev–Trinajstić information content (AvgIpc) is 2.77. The van der Waals surface area contributed by atoms with E-state index < -0.39 is 11.9 Å². The van der Waals surface area contributed by atoms with Gasteiger partial charge >= 0.3 is 0 Å². The van der Waals surface area contributed by atoms with E-state index in [1.54, 1.807) is 18.2 Å². The van der Waals surface area contributed by atoms with E-state index in [2.05, 4.69) is 5.32 Å². The second-order valence-corrected chi connectivity index (χ2v) is 5.08. The second-order valence-electron chi connectivity index (χ2n) is 4.67. The van der Waals surface area contributed by atoms with Crippen molar-refractivity contribution in [3.8, 4) is 5.75 Å². The number of likely N-dealkylation sites (tertiary alicyclic amines) is 1. The summed E-state index contributed by atoms with van der Waals surface area (Å²) in [7, 11) is 1.49. The number of hydrogen-bond donors (Lipinski definition) is 1. The van der Waals surface area contributed by atoms with E-state index in [9.17, 15) is 14.4 Å². The molecule has 1 aromatic rings. The number of rotatable bonds is 4. The lowest BCUT2D eigenvalue weighted by atomic mass is 10.2. The molecule has 0 saturated carbocycles. The monoisotopic (exact) mass is 310 g/mol.